The summed E-state index contributed by atoms with van der Waals surface area (Å²) in [5, 5.41) is 0. The lowest BCUT2D eigenvalue weighted by Crippen LogP contribution is -2.05. The van der Waals surface area contributed by atoms with E-state index in [1.54, 1.807) is 0 Å². The molecular weight excluding hydrogens is 187 g/mol. The van der Waals surface area contributed by atoms with Gasteiger partial charge in [-0.05, 0) is 36.7 Å². The molecule has 0 saturated heterocycles. The number of unbranched alkanes of at least 4 members (excludes halogenated alkanes) is 2. The van der Waals surface area contributed by atoms with E-state index in [1.807, 2.05) is 0 Å². The zero-order chi connectivity index (χ0) is 11.0. The molecule has 0 radical (unpaired) electrons. The van der Waals surface area contributed by atoms with E-state index < -0.39 is 0 Å². The molecule has 1 heteroatoms. The summed E-state index contributed by atoms with van der Waals surface area (Å²) in [4.78, 5) is 0. The van der Waals surface area contributed by atoms with Crippen molar-refractivity contribution >= 4 is 7.92 Å². The molecule has 0 rings (SSSR count). The molecule has 0 aromatic heterocycles. The van der Waals surface area contributed by atoms with E-state index in [4.69, 9.17) is 0 Å². The summed E-state index contributed by atoms with van der Waals surface area (Å²) in [7, 11) is 0.349. The zero-order valence-electron chi connectivity index (χ0n) is 10.8. The highest BCUT2D eigenvalue weighted by Gasteiger charge is 2.11. The molecule has 0 aliphatic rings. The number of hydrogen-bond acceptors (Lipinski definition) is 0. The quantitative estimate of drug-likeness (QED) is 0.397. The largest absolute Gasteiger partial charge is 0.106 e. The van der Waals surface area contributed by atoms with Gasteiger partial charge in [-0.15, -0.1) is 7.92 Å². The fourth-order valence-electron chi connectivity index (χ4n) is 1.88. The second-order valence-corrected chi connectivity index (χ2v) is 7.77. The first-order chi connectivity index (χ1) is 6.56. The third kappa shape index (κ3) is 9.00. The van der Waals surface area contributed by atoms with E-state index >= 15 is 0 Å². The van der Waals surface area contributed by atoms with E-state index in [0.717, 1.165) is 11.8 Å². The van der Waals surface area contributed by atoms with Crippen molar-refractivity contribution in [1.29, 1.82) is 0 Å². The van der Waals surface area contributed by atoms with Gasteiger partial charge in [-0.3, -0.25) is 0 Å². The van der Waals surface area contributed by atoms with Gasteiger partial charge in [-0.2, -0.15) is 0 Å². The lowest BCUT2D eigenvalue weighted by Gasteiger charge is -2.21. The summed E-state index contributed by atoms with van der Waals surface area (Å²) in [5.41, 5.74) is 0. The van der Waals surface area contributed by atoms with Crippen LogP contribution in [0.15, 0.2) is 0 Å². The molecule has 0 atom stereocenters. The molecule has 0 saturated carbocycles. The van der Waals surface area contributed by atoms with Gasteiger partial charge in [-0.1, -0.05) is 47.5 Å². The summed E-state index contributed by atoms with van der Waals surface area (Å²) < 4.78 is 0. The van der Waals surface area contributed by atoms with Crippen LogP contribution in [-0.4, -0.2) is 18.5 Å². The lowest BCUT2D eigenvalue weighted by molar-refractivity contribution is 0.709. The molecule has 0 aliphatic heterocycles. The van der Waals surface area contributed by atoms with Gasteiger partial charge in [0.15, 0.2) is 0 Å². The molecule has 0 fully saturated rings. The molecule has 0 heterocycles. The molecular formula is C13H29P. The third-order valence-electron chi connectivity index (χ3n) is 2.32. The van der Waals surface area contributed by atoms with Crippen molar-refractivity contribution in [3.8, 4) is 0 Å². The van der Waals surface area contributed by atoms with Crippen LogP contribution in [0.5, 0.6) is 0 Å². The minimum atomic E-state index is 0.349. The normalized spacial score (nSPS) is 12.0. The Bertz CT molecular complexity index is 108. The molecule has 0 aliphatic carbocycles. The maximum Gasteiger partial charge on any atom is -0.0303 e. The van der Waals surface area contributed by atoms with Crippen LogP contribution in [0.25, 0.3) is 0 Å². The summed E-state index contributed by atoms with van der Waals surface area (Å²) in [5.74, 6) is 1.81. The van der Waals surface area contributed by atoms with Crippen LogP contribution in [0.3, 0.4) is 0 Å². The lowest BCUT2D eigenvalue weighted by atomic mass is 10.3. The van der Waals surface area contributed by atoms with Crippen molar-refractivity contribution in [2.24, 2.45) is 11.8 Å². The van der Waals surface area contributed by atoms with Gasteiger partial charge in [0.05, 0.1) is 0 Å². The van der Waals surface area contributed by atoms with Crippen LogP contribution in [0, 0.1) is 11.8 Å². The fourth-order valence-corrected chi connectivity index (χ4v) is 5.13. The van der Waals surface area contributed by atoms with Crippen molar-refractivity contribution < 1.29 is 0 Å². The molecule has 0 bridgehead atoms. The van der Waals surface area contributed by atoms with Gasteiger partial charge in [0.1, 0.15) is 0 Å². The van der Waals surface area contributed by atoms with Crippen LogP contribution in [-0.2, 0) is 0 Å². The van der Waals surface area contributed by atoms with E-state index in [1.165, 1.54) is 37.7 Å². The highest BCUT2D eigenvalue weighted by molar-refractivity contribution is 7.57. The molecule has 86 valence electrons. The summed E-state index contributed by atoms with van der Waals surface area (Å²) in [6.45, 7) is 11.8. The summed E-state index contributed by atoms with van der Waals surface area (Å²) in [6.07, 6.45) is 8.80. The van der Waals surface area contributed by atoms with Crippen molar-refractivity contribution in [1.82, 2.24) is 0 Å². The molecule has 0 unspecified atom stereocenters. The second-order valence-electron chi connectivity index (χ2n) is 5.25. The Hall–Kier alpha value is 0.430. The van der Waals surface area contributed by atoms with E-state index in [-0.39, 0.29) is 0 Å². The number of rotatable bonds is 8. The molecule has 0 aromatic carbocycles. The first-order valence-electron chi connectivity index (χ1n) is 6.28. The van der Waals surface area contributed by atoms with Gasteiger partial charge in [0, 0.05) is 0 Å². The van der Waals surface area contributed by atoms with Gasteiger partial charge in [0.2, 0.25) is 0 Å². The first kappa shape index (κ1) is 14.4. The average Bonchev–Trinajstić information content (AvgIpc) is 2.02. The third-order valence-corrected chi connectivity index (χ3v) is 5.77. The van der Waals surface area contributed by atoms with Gasteiger partial charge < -0.3 is 0 Å². The van der Waals surface area contributed by atoms with Crippen molar-refractivity contribution in [2.45, 2.75) is 53.9 Å². The Morgan fingerprint density at radius 3 is 1.71 bits per heavy atom. The van der Waals surface area contributed by atoms with Crippen molar-refractivity contribution in [2.75, 3.05) is 18.5 Å². The van der Waals surface area contributed by atoms with Crippen molar-refractivity contribution in [3.05, 3.63) is 0 Å². The van der Waals surface area contributed by atoms with Gasteiger partial charge in [0.25, 0.3) is 0 Å². The Morgan fingerprint density at radius 1 is 0.857 bits per heavy atom. The smallest absolute Gasteiger partial charge is 0.0303 e. The van der Waals surface area contributed by atoms with E-state index in [2.05, 4.69) is 34.6 Å². The van der Waals surface area contributed by atoms with Gasteiger partial charge in [-0.25, -0.2) is 0 Å². The topological polar surface area (TPSA) is 0 Å². The Balaban J connectivity index is 3.72. The van der Waals surface area contributed by atoms with E-state index in [9.17, 15) is 0 Å². The molecule has 0 amide bonds. The molecule has 0 nitrogen and oxygen atoms in total. The number of hydrogen-bond donors (Lipinski definition) is 0. The maximum atomic E-state index is 2.37. The van der Waals surface area contributed by atoms with Crippen LogP contribution >= 0.6 is 7.92 Å². The average molecular weight is 216 g/mol. The molecule has 0 spiro atoms. The highest BCUT2D eigenvalue weighted by atomic mass is 31.1. The predicted molar refractivity (Wildman–Crippen MR) is 70.7 cm³/mol. The fraction of sp³-hybridized carbons (Fsp3) is 1.00. The SMILES string of the molecule is CCCCCP(CC(C)C)CC(C)C. The minimum Gasteiger partial charge on any atom is -0.106 e. The monoisotopic (exact) mass is 216 g/mol. The Kier molecular flexibility index (Phi) is 8.98. The Morgan fingerprint density at radius 2 is 1.36 bits per heavy atom. The first-order valence-corrected chi connectivity index (χ1v) is 8.18. The standard InChI is InChI=1S/C13H29P/c1-6-7-8-9-14(10-12(2)3)11-13(4)5/h12-13H,6-11H2,1-5H3. The van der Waals surface area contributed by atoms with Gasteiger partial charge >= 0.3 is 0 Å². The van der Waals surface area contributed by atoms with Crippen LogP contribution in [0.4, 0.5) is 0 Å². The molecule has 0 N–H and O–H groups in total. The van der Waals surface area contributed by atoms with Crippen LogP contribution < -0.4 is 0 Å². The second kappa shape index (κ2) is 8.72. The zero-order valence-corrected chi connectivity index (χ0v) is 11.7. The highest BCUT2D eigenvalue weighted by Crippen LogP contribution is 2.40. The Labute approximate surface area is 92.6 Å². The summed E-state index contributed by atoms with van der Waals surface area (Å²) >= 11 is 0. The van der Waals surface area contributed by atoms with Crippen molar-refractivity contribution in [3.63, 3.8) is 0 Å². The minimum absolute atomic E-state index is 0.349. The molecule has 14 heavy (non-hydrogen) atoms. The summed E-state index contributed by atoms with van der Waals surface area (Å²) in [6, 6.07) is 0. The molecule has 0 aromatic rings. The predicted octanol–water partition coefficient (Wildman–Crippen LogP) is 4.97. The maximum absolute atomic E-state index is 2.37. The van der Waals surface area contributed by atoms with Crippen LogP contribution in [0.2, 0.25) is 0 Å². The van der Waals surface area contributed by atoms with E-state index in [0.29, 0.717) is 7.92 Å². The van der Waals surface area contributed by atoms with Crippen LogP contribution in [0.1, 0.15) is 53.9 Å².